The molecule has 610 valence electrons. The second-order valence-corrected chi connectivity index (χ2v) is 27.9. The van der Waals surface area contributed by atoms with Crippen molar-refractivity contribution in [2.75, 3.05) is 91.6 Å². The smallest absolute Gasteiger partial charge is 0.331 e. The number of urea groups is 1. The number of rotatable bonds is 47. The summed E-state index contributed by atoms with van der Waals surface area (Å²) in [7, 11) is 0. The van der Waals surface area contributed by atoms with Crippen LogP contribution in [-0.4, -0.2) is 289 Å². The van der Waals surface area contributed by atoms with Gasteiger partial charge in [-0.15, -0.1) is 0 Å². The molecule has 2 aliphatic heterocycles. The third-order valence-corrected chi connectivity index (χ3v) is 19.5. The summed E-state index contributed by atoms with van der Waals surface area (Å²) in [5.74, 6) is -12.1. The van der Waals surface area contributed by atoms with Gasteiger partial charge in [-0.1, -0.05) is 42.5 Å². The zero-order chi connectivity index (χ0) is 81.2. The Hall–Kier alpha value is -11.3. The van der Waals surface area contributed by atoms with Gasteiger partial charge in [0.1, 0.15) is 42.3 Å². The van der Waals surface area contributed by atoms with Gasteiger partial charge in [0.25, 0.3) is 5.91 Å². The van der Waals surface area contributed by atoms with E-state index >= 15 is 0 Å². The van der Waals surface area contributed by atoms with Crippen molar-refractivity contribution in [1.82, 2.24) is 82.4 Å². The minimum Gasteiger partial charge on any atom is -0.480 e. The molecule has 8 atom stereocenters. The van der Waals surface area contributed by atoms with Crippen molar-refractivity contribution in [1.29, 1.82) is 0 Å². The fraction of sp³-hybridized carbons (Fsp3) is 0.554. The monoisotopic (exact) mass is 1570 g/mol. The van der Waals surface area contributed by atoms with E-state index in [1.165, 1.54) is 60.7 Å². The van der Waals surface area contributed by atoms with Crippen LogP contribution in [0.2, 0.25) is 0 Å². The predicted octanol–water partition coefficient (Wildman–Crippen LogP) is -0.823. The molecule has 9 amide bonds. The maximum Gasteiger partial charge on any atom is 0.331 e. The van der Waals surface area contributed by atoms with Crippen LogP contribution in [0.25, 0.3) is 10.8 Å². The molecule has 4 aromatic rings. The first kappa shape index (κ1) is 88.0. The number of likely N-dealkylation sites (tertiary alicyclic amines) is 2. The van der Waals surface area contributed by atoms with Crippen LogP contribution < -0.4 is 47.9 Å². The van der Waals surface area contributed by atoms with Gasteiger partial charge in [0.2, 0.25) is 41.7 Å². The molecule has 0 radical (unpaired) electrons. The van der Waals surface area contributed by atoms with Gasteiger partial charge in [0.05, 0.1) is 32.5 Å². The number of nitrogens with one attached hydrogen (secondary N) is 10. The van der Waals surface area contributed by atoms with Crippen LogP contribution in [-0.2, 0) is 84.6 Å². The lowest BCUT2D eigenvalue weighted by molar-refractivity contribution is -0.188. The van der Waals surface area contributed by atoms with E-state index < -0.39 is 145 Å². The normalized spacial score (nSPS) is 17.7. The van der Waals surface area contributed by atoms with Crippen molar-refractivity contribution in [2.24, 2.45) is 11.8 Å². The largest absolute Gasteiger partial charge is 0.480 e. The van der Waals surface area contributed by atoms with Gasteiger partial charge in [0, 0.05) is 127 Å². The Kier molecular flexibility index (Phi) is 35.5. The Bertz CT molecular complexity index is 3880. The highest BCUT2D eigenvalue weighted by molar-refractivity contribution is 5.99. The summed E-state index contributed by atoms with van der Waals surface area (Å²) in [6.45, 7) is 3.66. The Balaban J connectivity index is 0.817. The van der Waals surface area contributed by atoms with E-state index in [1.54, 1.807) is 9.80 Å². The van der Waals surface area contributed by atoms with Crippen molar-refractivity contribution in [3.63, 3.8) is 0 Å². The Morgan fingerprint density at radius 2 is 1.20 bits per heavy atom. The molecule has 1 aliphatic carbocycles. The number of H-pyrrole nitrogens is 1. The molecular formula is C74H102N16O22. The van der Waals surface area contributed by atoms with Crippen LogP contribution in [0.3, 0.4) is 0 Å². The lowest BCUT2D eigenvalue weighted by atomic mass is 9.81. The number of carboxylic acid groups (broad SMARTS) is 5. The number of fused-ring (bicyclic) bond motifs is 1. The minimum atomic E-state index is -1.74. The second kappa shape index (κ2) is 45.2. The summed E-state index contributed by atoms with van der Waals surface area (Å²) >= 11 is 0. The molecule has 112 heavy (non-hydrogen) atoms. The molecule has 2 aromatic heterocycles. The van der Waals surface area contributed by atoms with E-state index in [2.05, 4.69) is 62.8 Å². The lowest BCUT2D eigenvalue weighted by Gasteiger charge is -2.31. The van der Waals surface area contributed by atoms with Crippen LogP contribution in [0.4, 0.5) is 4.79 Å². The molecule has 4 heterocycles. The van der Waals surface area contributed by atoms with Crippen molar-refractivity contribution in [3.8, 4) is 0 Å². The van der Waals surface area contributed by atoms with Crippen LogP contribution in [0.15, 0.2) is 79.5 Å². The van der Waals surface area contributed by atoms with Crippen LogP contribution >= 0.6 is 0 Å². The summed E-state index contributed by atoms with van der Waals surface area (Å²) in [6.07, 6.45) is 6.58. The molecule has 7 rings (SSSR count). The van der Waals surface area contributed by atoms with Crippen LogP contribution in [0.5, 0.6) is 0 Å². The molecule has 0 spiro atoms. The molecule has 1 unspecified atom stereocenters. The van der Waals surface area contributed by atoms with Crippen molar-refractivity contribution >= 4 is 99.9 Å². The van der Waals surface area contributed by atoms with Gasteiger partial charge < -0.3 is 97.6 Å². The van der Waals surface area contributed by atoms with Gasteiger partial charge >= 0.3 is 47.8 Å². The molecule has 0 bridgehead atoms. The number of amides is 9. The first-order valence-corrected chi connectivity index (χ1v) is 37.5. The average Bonchev–Trinajstić information content (AvgIpc) is 1.57. The number of hydrogen-bond donors (Lipinski definition) is 15. The molecule has 1 saturated carbocycles. The maximum absolute atomic E-state index is 14.4. The number of benzene rings is 2. The quantitative estimate of drug-likeness (QED) is 0.0146. The Morgan fingerprint density at radius 1 is 0.580 bits per heavy atom. The van der Waals surface area contributed by atoms with Gasteiger partial charge in [0.15, 0.2) is 0 Å². The lowest BCUT2D eigenvalue weighted by Crippen LogP contribution is -2.57. The van der Waals surface area contributed by atoms with Crippen molar-refractivity contribution in [3.05, 3.63) is 96.3 Å². The Labute approximate surface area is 645 Å². The van der Waals surface area contributed by atoms with Gasteiger partial charge in [-0.2, -0.15) is 0 Å². The van der Waals surface area contributed by atoms with E-state index in [1.807, 2.05) is 42.5 Å². The number of nitrogens with zero attached hydrogens (tertiary/aromatic N) is 6. The third-order valence-electron chi connectivity index (χ3n) is 19.5. The molecule has 2 saturated heterocycles. The topological polar surface area (TPSA) is 538 Å². The highest BCUT2D eigenvalue weighted by Crippen LogP contribution is 2.30. The van der Waals surface area contributed by atoms with E-state index in [0.717, 1.165) is 16.3 Å². The fourth-order valence-corrected chi connectivity index (χ4v) is 13.5. The van der Waals surface area contributed by atoms with Crippen molar-refractivity contribution in [2.45, 2.75) is 159 Å². The summed E-state index contributed by atoms with van der Waals surface area (Å²) in [4.78, 5) is 211. The highest BCUT2D eigenvalue weighted by Gasteiger charge is 2.43. The molecule has 38 nitrogen and oxygen atoms in total. The molecule has 3 fully saturated rings. The summed E-state index contributed by atoms with van der Waals surface area (Å²) in [6, 6.07) is 6.37. The second-order valence-electron chi connectivity index (χ2n) is 27.9. The van der Waals surface area contributed by atoms with E-state index in [-0.39, 0.29) is 153 Å². The SMILES string of the molecule is CC(OC(=O)CC[C@H](NC(=O)N[C@@H](CCCCNC(=O)[C@H](Cc1ccc2ccccc2c1)NC(=O)[C@H]1CC[C@H](CNC(=O)CNCCN(CCN(CCNCC(=O)O)CC(=O)O)CC(=O)O)CC1)C(=O)O)C(=O)O)OC(=O)[C@@H]1CCCN1C(=O)[C@H](Cc1cnc[nH]1)NC(=O)[C@@H]1CCCN1C(=O)[C@@H](C)NC(=O)c1ccncc1. The van der Waals surface area contributed by atoms with Gasteiger partial charge in [-0.25, -0.2) is 24.2 Å². The minimum absolute atomic E-state index is 0.0407. The zero-order valence-corrected chi connectivity index (χ0v) is 62.6. The van der Waals surface area contributed by atoms with E-state index in [4.69, 9.17) is 14.6 Å². The summed E-state index contributed by atoms with van der Waals surface area (Å²) in [5, 5.41) is 73.8. The number of pyridine rings is 1. The number of aromatic amines is 1. The maximum atomic E-state index is 14.4. The van der Waals surface area contributed by atoms with E-state index in [9.17, 15) is 92.3 Å². The van der Waals surface area contributed by atoms with E-state index in [0.29, 0.717) is 50.8 Å². The number of ether oxygens (including phenoxy) is 2. The summed E-state index contributed by atoms with van der Waals surface area (Å²) < 4.78 is 10.7. The Morgan fingerprint density at radius 3 is 1.82 bits per heavy atom. The van der Waals surface area contributed by atoms with Gasteiger partial charge in [-0.3, -0.25) is 67.5 Å². The number of hydrogen-bond acceptors (Lipinski definition) is 23. The van der Waals surface area contributed by atoms with Crippen LogP contribution in [0, 0.1) is 11.8 Å². The molecular weight excluding hydrogens is 1460 g/mol. The zero-order valence-electron chi connectivity index (χ0n) is 62.6. The standard InChI is InChI=1S/C74H102N16O22/c1-45(82-65(99)51-22-25-75-26-23-51)69(103)89-29-7-12-58(89)68(102)84-57(37-53-39-78-44-81-53)70(104)90-30-8-13-59(90)73(109)112-46(2)111-64(98)21-20-55(72(107)108)86-74(110)85-54(71(105)106)11-5-6-24-79-67(101)56(36-48-16-17-49-9-3-4-10-52(49)35-48)83-66(100)50-18-14-47(15-19-50)38-80-60(91)40-76-27-31-87(42-62(94)95)33-34-88(43-63(96)97)32-28-77-41-61(92)93/h3-4,9-10,16-17,22-23,25-26,35,39,44-47,50,54-59,76-77H,5-8,11-15,18-21,24,27-34,36-38,40-43H2,1-2H3,(H,78,81)(H,79,101)(H,80,91)(H,82,99)(H,83,100)(H,84,102)(H,92,93)(H,94,95)(H,96,97)(H,105,106)(H,107,108)(H2,85,86,110)/t45-,46?,47-,50-,54+,55+,56+,57+,58+,59+/m1/s1. The number of aromatic nitrogens is 3. The number of esters is 2. The number of unbranched alkanes of at least 4 members (excludes halogenated alkanes) is 1. The average molecular weight is 1570 g/mol. The number of aliphatic carboxylic acids is 5. The first-order valence-electron chi connectivity index (χ1n) is 37.5. The molecule has 38 heteroatoms. The molecule has 15 N–H and O–H groups in total. The van der Waals surface area contributed by atoms with Gasteiger partial charge in [-0.05, 0) is 118 Å². The predicted molar refractivity (Wildman–Crippen MR) is 397 cm³/mol. The number of carbonyl (C=O) groups excluding carboxylic acids is 10. The number of carbonyl (C=O) groups is 15. The third kappa shape index (κ3) is 29.5. The van der Waals surface area contributed by atoms with Crippen molar-refractivity contribution < 1.29 is 107 Å². The molecule has 2 aromatic carbocycles. The fourth-order valence-electron chi connectivity index (χ4n) is 13.5. The highest BCUT2D eigenvalue weighted by atomic mass is 16.7. The first-order chi connectivity index (χ1) is 53.6. The number of imidazole rings is 1. The van der Waals surface area contributed by atoms with Crippen LogP contribution in [0.1, 0.15) is 119 Å². The number of carboxylic acids is 5. The molecule has 3 aliphatic rings. The summed E-state index contributed by atoms with van der Waals surface area (Å²) in [5.41, 5.74) is 1.52.